The van der Waals surface area contributed by atoms with Crippen LogP contribution in [-0.4, -0.2) is 49.7 Å². The van der Waals surface area contributed by atoms with Gasteiger partial charge < -0.3 is 14.4 Å². The quantitative estimate of drug-likeness (QED) is 0.755. The smallest absolute Gasteiger partial charge is 0.337 e. The summed E-state index contributed by atoms with van der Waals surface area (Å²) in [6.45, 7) is 3.70. The molecule has 0 saturated carbocycles. The molecule has 5 nitrogen and oxygen atoms in total. The summed E-state index contributed by atoms with van der Waals surface area (Å²) < 4.78 is 10.0. The maximum atomic E-state index is 12.3. The molecule has 0 bridgehead atoms. The lowest BCUT2D eigenvalue weighted by Crippen LogP contribution is -2.44. The number of carbonyl (C=O) groups is 2. The van der Waals surface area contributed by atoms with Gasteiger partial charge in [-0.3, -0.25) is 4.79 Å². The highest BCUT2D eigenvalue weighted by Gasteiger charge is 2.22. The maximum absolute atomic E-state index is 12.3. The molecule has 0 aliphatic carbocycles. The van der Waals surface area contributed by atoms with Crippen molar-refractivity contribution in [2.45, 2.75) is 13.0 Å². The predicted octanol–water partition coefficient (Wildman–Crippen LogP) is 1.33. The summed E-state index contributed by atoms with van der Waals surface area (Å²) in [7, 11) is 1.33. The van der Waals surface area contributed by atoms with E-state index in [1.165, 1.54) is 7.11 Å². The number of nitrogens with zero attached hydrogens (tertiary/aromatic N) is 1. The van der Waals surface area contributed by atoms with Crippen molar-refractivity contribution < 1.29 is 19.1 Å². The molecule has 0 radical (unpaired) electrons. The molecule has 0 aromatic heterocycles. The molecule has 1 unspecified atom stereocenters. The Morgan fingerprint density at radius 1 is 1.26 bits per heavy atom. The van der Waals surface area contributed by atoms with Gasteiger partial charge in [0.2, 0.25) is 0 Å². The molecule has 1 heterocycles. The normalized spacial score (nSPS) is 19.1. The Morgan fingerprint density at radius 3 is 2.47 bits per heavy atom. The first kappa shape index (κ1) is 13.5. The van der Waals surface area contributed by atoms with E-state index in [1.807, 2.05) is 6.92 Å². The van der Waals surface area contributed by atoms with Gasteiger partial charge in [-0.15, -0.1) is 0 Å². The Morgan fingerprint density at radius 2 is 1.89 bits per heavy atom. The van der Waals surface area contributed by atoms with Gasteiger partial charge in [0.25, 0.3) is 5.91 Å². The van der Waals surface area contributed by atoms with Crippen LogP contribution in [0, 0.1) is 0 Å². The zero-order valence-corrected chi connectivity index (χ0v) is 11.1. The topological polar surface area (TPSA) is 55.8 Å². The van der Waals surface area contributed by atoms with Gasteiger partial charge in [0.05, 0.1) is 25.4 Å². The molecular formula is C14H17NO4. The van der Waals surface area contributed by atoms with E-state index in [2.05, 4.69) is 4.74 Å². The molecule has 2 rings (SSSR count). The van der Waals surface area contributed by atoms with Gasteiger partial charge in [-0.25, -0.2) is 4.79 Å². The molecule has 1 fully saturated rings. The molecule has 102 valence electrons. The van der Waals surface area contributed by atoms with Crippen molar-refractivity contribution in [1.82, 2.24) is 4.90 Å². The third-order valence-corrected chi connectivity index (χ3v) is 3.08. The van der Waals surface area contributed by atoms with Gasteiger partial charge in [0.1, 0.15) is 0 Å². The molecule has 0 N–H and O–H groups in total. The molecule has 1 amide bonds. The second kappa shape index (κ2) is 5.84. The zero-order chi connectivity index (χ0) is 13.8. The minimum atomic E-state index is -0.404. The number of benzene rings is 1. The van der Waals surface area contributed by atoms with Gasteiger partial charge in [0.15, 0.2) is 0 Å². The van der Waals surface area contributed by atoms with E-state index in [1.54, 1.807) is 29.2 Å². The van der Waals surface area contributed by atoms with Crippen molar-refractivity contribution >= 4 is 11.9 Å². The third-order valence-electron chi connectivity index (χ3n) is 3.08. The fraction of sp³-hybridized carbons (Fsp3) is 0.429. The summed E-state index contributed by atoms with van der Waals surface area (Å²) in [5, 5.41) is 0. The first-order chi connectivity index (χ1) is 9.11. The number of rotatable bonds is 2. The molecule has 1 atom stereocenters. The third kappa shape index (κ3) is 3.12. The van der Waals surface area contributed by atoms with Crippen LogP contribution >= 0.6 is 0 Å². The largest absolute Gasteiger partial charge is 0.465 e. The lowest BCUT2D eigenvalue weighted by Gasteiger charge is -2.31. The van der Waals surface area contributed by atoms with Crippen LogP contribution in [0.1, 0.15) is 27.6 Å². The van der Waals surface area contributed by atoms with Crippen LogP contribution in [0.2, 0.25) is 0 Å². The Balaban J connectivity index is 2.09. The Bertz CT molecular complexity index is 469. The highest BCUT2D eigenvalue weighted by atomic mass is 16.5. The summed E-state index contributed by atoms with van der Waals surface area (Å²) in [6.07, 6.45) is 0.0621. The first-order valence-electron chi connectivity index (χ1n) is 6.21. The van der Waals surface area contributed by atoms with Gasteiger partial charge >= 0.3 is 5.97 Å². The molecule has 5 heteroatoms. The van der Waals surface area contributed by atoms with Gasteiger partial charge in [0, 0.05) is 18.7 Å². The number of hydrogen-bond donors (Lipinski definition) is 0. The highest BCUT2D eigenvalue weighted by molar-refractivity contribution is 5.96. The summed E-state index contributed by atoms with van der Waals surface area (Å²) in [5.41, 5.74) is 1.01. The number of esters is 1. The zero-order valence-electron chi connectivity index (χ0n) is 11.1. The van der Waals surface area contributed by atoms with Gasteiger partial charge in [-0.05, 0) is 31.2 Å². The number of methoxy groups -OCH3 is 1. The van der Waals surface area contributed by atoms with E-state index >= 15 is 0 Å². The lowest BCUT2D eigenvalue weighted by atomic mass is 10.1. The van der Waals surface area contributed by atoms with E-state index in [0.29, 0.717) is 30.8 Å². The van der Waals surface area contributed by atoms with Crippen LogP contribution in [-0.2, 0) is 9.47 Å². The molecule has 19 heavy (non-hydrogen) atoms. The van der Waals surface area contributed by atoms with Crippen molar-refractivity contribution in [3.8, 4) is 0 Å². The molecule has 1 aliphatic rings. The Kier molecular flexibility index (Phi) is 4.16. The van der Waals surface area contributed by atoms with Crippen molar-refractivity contribution in [3.63, 3.8) is 0 Å². The summed E-state index contributed by atoms with van der Waals surface area (Å²) in [4.78, 5) is 25.3. The minimum absolute atomic E-state index is 0.0356. The summed E-state index contributed by atoms with van der Waals surface area (Å²) in [6, 6.07) is 6.50. The highest BCUT2D eigenvalue weighted by Crippen LogP contribution is 2.12. The Labute approximate surface area is 112 Å². The average Bonchev–Trinajstić information content (AvgIpc) is 2.46. The van der Waals surface area contributed by atoms with E-state index in [4.69, 9.17) is 4.74 Å². The van der Waals surface area contributed by atoms with Crippen molar-refractivity contribution in [2.75, 3.05) is 26.8 Å². The van der Waals surface area contributed by atoms with Crippen LogP contribution < -0.4 is 0 Å². The molecule has 1 aromatic carbocycles. The number of morpholine rings is 1. The first-order valence-corrected chi connectivity index (χ1v) is 6.21. The number of carbonyl (C=O) groups excluding carboxylic acids is 2. The minimum Gasteiger partial charge on any atom is -0.465 e. The van der Waals surface area contributed by atoms with Crippen LogP contribution in [0.4, 0.5) is 0 Å². The molecule has 1 saturated heterocycles. The van der Waals surface area contributed by atoms with E-state index in [-0.39, 0.29) is 12.0 Å². The standard InChI is InChI=1S/C14H17NO4/c1-10-9-15(7-8-19-10)13(16)11-3-5-12(6-4-11)14(17)18-2/h3-6,10H,7-9H2,1-2H3. The van der Waals surface area contributed by atoms with Gasteiger partial charge in [-0.1, -0.05) is 0 Å². The monoisotopic (exact) mass is 263 g/mol. The number of amides is 1. The van der Waals surface area contributed by atoms with Crippen molar-refractivity contribution in [2.24, 2.45) is 0 Å². The average molecular weight is 263 g/mol. The SMILES string of the molecule is COC(=O)c1ccc(C(=O)N2CCOC(C)C2)cc1. The van der Waals surface area contributed by atoms with E-state index < -0.39 is 5.97 Å². The maximum Gasteiger partial charge on any atom is 0.337 e. The van der Waals surface area contributed by atoms with Crippen molar-refractivity contribution in [3.05, 3.63) is 35.4 Å². The summed E-state index contributed by atoms with van der Waals surface area (Å²) in [5.74, 6) is -0.439. The predicted molar refractivity (Wildman–Crippen MR) is 69.1 cm³/mol. The van der Waals surface area contributed by atoms with E-state index in [0.717, 1.165) is 0 Å². The fourth-order valence-electron chi connectivity index (χ4n) is 2.05. The van der Waals surface area contributed by atoms with Crippen LogP contribution in [0.3, 0.4) is 0 Å². The summed E-state index contributed by atoms with van der Waals surface area (Å²) >= 11 is 0. The fourth-order valence-corrected chi connectivity index (χ4v) is 2.05. The number of hydrogen-bond acceptors (Lipinski definition) is 4. The van der Waals surface area contributed by atoms with E-state index in [9.17, 15) is 9.59 Å². The van der Waals surface area contributed by atoms with Crippen LogP contribution in [0.15, 0.2) is 24.3 Å². The van der Waals surface area contributed by atoms with Crippen LogP contribution in [0.5, 0.6) is 0 Å². The number of ether oxygens (including phenoxy) is 2. The van der Waals surface area contributed by atoms with Gasteiger partial charge in [-0.2, -0.15) is 0 Å². The lowest BCUT2D eigenvalue weighted by molar-refractivity contribution is -0.0124. The second-order valence-corrected chi connectivity index (χ2v) is 4.50. The molecule has 1 aromatic rings. The molecule has 1 aliphatic heterocycles. The van der Waals surface area contributed by atoms with Crippen LogP contribution in [0.25, 0.3) is 0 Å². The molecular weight excluding hydrogens is 246 g/mol. The Hall–Kier alpha value is -1.88. The van der Waals surface area contributed by atoms with Crippen molar-refractivity contribution in [1.29, 1.82) is 0 Å². The second-order valence-electron chi connectivity index (χ2n) is 4.50. The molecule has 0 spiro atoms.